The highest BCUT2D eigenvalue weighted by molar-refractivity contribution is 5.90. The number of pyridine rings is 1. The summed E-state index contributed by atoms with van der Waals surface area (Å²) in [4.78, 5) is 15.9. The third-order valence-corrected chi connectivity index (χ3v) is 3.58. The van der Waals surface area contributed by atoms with Crippen molar-refractivity contribution in [3.05, 3.63) is 66.7 Å². The Hall–Kier alpha value is -3.08. The van der Waals surface area contributed by atoms with Crippen molar-refractivity contribution in [1.29, 1.82) is 0 Å². The monoisotopic (exact) mass is 322 g/mol. The van der Waals surface area contributed by atoms with Crippen LogP contribution in [0, 0.1) is 0 Å². The van der Waals surface area contributed by atoms with Gasteiger partial charge in [-0.15, -0.1) is 0 Å². The summed E-state index contributed by atoms with van der Waals surface area (Å²) in [6.07, 6.45) is 4.18. The molecule has 0 unspecified atom stereocenters. The zero-order valence-electron chi connectivity index (χ0n) is 13.4. The number of rotatable bonds is 6. The molecule has 3 rings (SSSR count). The van der Waals surface area contributed by atoms with Crippen LogP contribution < -0.4 is 10.1 Å². The minimum Gasteiger partial charge on any atom is -0.497 e. The first kappa shape index (κ1) is 15.8. The number of furan rings is 1. The lowest BCUT2D eigenvalue weighted by Gasteiger charge is -2.03. The minimum absolute atomic E-state index is 0.0644. The molecule has 0 bridgehead atoms. The molecule has 0 saturated heterocycles. The molecule has 5 nitrogen and oxygen atoms in total. The second-order valence-corrected chi connectivity index (χ2v) is 5.28. The van der Waals surface area contributed by atoms with Crippen molar-refractivity contribution in [1.82, 2.24) is 4.98 Å². The number of carbonyl (C=O) groups is 1. The maximum Gasteiger partial charge on any atom is 0.224 e. The molecule has 122 valence electrons. The van der Waals surface area contributed by atoms with E-state index >= 15 is 0 Å². The van der Waals surface area contributed by atoms with Gasteiger partial charge in [-0.3, -0.25) is 9.78 Å². The molecule has 0 aliphatic rings. The first-order valence-corrected chi connectivity index (χ1v) is 7.67. The predicted octanol–water partition coefficient (Wildman–Crippen LogP) is 3.92. The van der Waals surface area contributed by atoms with Crippen LogP contribution in [0.15, 0.2) is 65.3 Å². The molecule has 2 heterocycles. The molecule has 3 aromatic rings. The van der Waals surface area contributed by atoms with E-state index in [-0.39, 0.29) is 5.91 Å². The molecule has 1 aromatic carbocycles. The maximum absolute atomic E-state index is 11.9. The Labute approximate surface area is 140 Å². The molecule has 0 aliphatic heterocycles. The van der Waals surface area contributed by atoms with Crippen LogP contribution in [0.1, 0.15) is 12.2 Å². The molecule has 0 spiro atoms. The Kier molecular flexibility index (Phi) is 4.91. The van der Waals surface area contributed by atoms with Crippen molar-refractivity contribution >= 4 is 11.6 Å². The average Bonchev–Trinajstić information content (AvgIpc) is 3.10. The van der Waals surface area contributed by atoms with E-state index in [0.717, 1.165) is 22.8 Å². The zero-order valence-corrected chi connectivity index (χ0v) is 13.4. The molecule has 0 saturated carbocycles. The van der Waals surface area contributed by atoms with Crippen LogP contribution in [0.5, 0.6) is 5.75 Å². The smallest absolute Gasteiger partial charge is 0.224 e. The molecule has 0 radical (unpaired) electrons. The average molecular weight is 322 g/mol. The summed E-state index contributed by atoms with van der Waals surface area (Å²) < 4.78 is 11.0. The fourth-order valence-electron chi connectivity index (χ4n) is 2.32. The number of amides is 1. The van der Waals surface area contributed by atoms with Crippen LogP contribution in [-0.4, -0.2) is 18.0 Å². The summed E-state index contributed by atoms with van der Waals surface area (Å²) in [5.41, 5.74) is 1.67. The summed E-state index contributed by atoms with van der Waals surface area (Å²) in [6, 6.07) is 15.1. The lowest BCUT2D eigenvalue weighted by molar-refractivity contribution is -0.116. The van der Waals surface area contributed by atoms with Gasteiger partial charge in [-0.05, 0) is 48.5 Å². The van der Waals surface area contributed by atoms with E-state index in [1.54, 1.807) is 31.6 Å². The maximum atomic E-state index is 11.9. The van der Waals surface area contributed by atoms with E-state index in [0.29, 0.717) is 18.5 Å². The molecule has 0 aliphatic carbocycles. The number of nitrogens with one attached hydrogen (secondary N) is 1. The van der Waals surface area contributed by atoms with Crippen LogP contribution in [0.25, 0.3) is 11.3 Å². The largest absolute Gasteiger partial charge is 0.497 e. The Morgan fingerprint density at radius 1 is 1.17 bits per heavy atom. The van der Waals surface area contributed by atoms with Crippen LogP contribution in [0.4, 0.5) is 5.69 Å². The van der Waals surface area contributed by atoms with E-state index in [1.165, 1.54) is 0 Å². The summed E-state index contributed by atoms with van der Waals surface area (Å²) in [6.45, 7) is 0. The number of ether oxygens (including phenoxy) is 1. The van der Waals surface area contributed by atoms with Crippen LogP contribution in [0.2, 0.25) is 0 Å². The summed E-state index contributed by atoms with van der Waals surface area (Å²) in [5, 5.41) is 2.81. The number of aromatic nitrogens is 1. The van der Waals surface area contributed by atoms with Gasteiger partial charge in [0, 0.05) is 24.6 Å². The van der Waals surface area contributed by atoms with Gasteiger partial charge < -0.3 is 14.5 Å². The van der Waals surface area contributed by atoms with Crippen LogP contribution in [0.3, 0.4) is 0 Å². The van der Waals surface area contributed by atoms with Crippen molar-refractivity contribution < 1.29 is 13.9 Å². The highest BCUT2D eigenvalue weighted by Gasteiger charge is 2.08. The third kappa shape index (κ3) is 4.01. The van der Waals surface area contributed by atoms with Gasteiger partial charge >= 0.3 is 0 Å². The van der Waals surface area contributed by atoms with Crippen molar-refractivity contribution in [3.8, 4) is 17.1 Å². The highest BCUT2D eigenvalue weighted by atomic mass is 16.5. The number of hydrogen-bond donors (Lipinski definition) is 1. The summed E-state index contributed by atoms with van der Waals surface area (Å²) >= 11 is 0. The Morgan fingerprint density at radius 3 is 2.71 bits per heavy atom. The van der Waals surface area contributed by atoms with Crippen molar-refractivity contribution in [2.45, 2.75) is 12.8 Å². The lowest BCUT2D eigenvalue weighted by Crippen LogP contribution is -2.12. The molecule has 24 heavy (non-hydrogen) atoms. The zero-order chi connectivity index (χ0) is 16.8. The normalized spacial score (nSPS) is 10.4. The van der Waals surface area contributed by atoms with E-state index in [2.05, 4.69) is 10.3 Å². The number of nitrogens with zero attached hydrogens (tertiary/aromatic N) is 1. The summed E-state index contributed by atoms with van der Waals surface area (Å²) in [7, 11) is 1.64. The number of hydrogen-bond acceptors (Lipinski definition) is 4. The molecule has 1 amide bonds. The molecule has 2 aromatic heterocycles. The molecule has 0 atom stereocenters. The number of methoxy groups -OCH3 is 1. The molecule has 0 fully saturated rings. The van der Waals surface area contributed by atoms with Gasteiger partial charge in [0.05, 0.1) is 19.0 Å². The lowest BCUT2D eigenvalue weighted by atomic mass is 10.2. The van der Waals surface area contributed by atoms with E-state index < -0.39 is 0 Å². The van der Waals surface area contributed by atoms with Gasteiger partial charge in [-0.1, -0.05) is 0 Å². The number of carbonyl (C=O) groups excluding carboxylic acids is 1. The predicted molar refractivity (Wildman–Crippen MR) is 91.9 cm³/mol. The number of benzene rings is 1. The topological polar surface area (TPSA) is 64.4 Å². The van der Waals surface area contributed by atoms with Crippen LogP contribution >= 0.6 is 0 Å². The van der Waals surface area contributed by atoms with Gasteiger partial charge in [0.2, 0.25) is 5.91 Å². The molecular formula is C19H18N2O3. The molecule has 1 N–H and O–H groups in total. The van der Waals surface area contributed by atoms with Gasteiger partial charge in [0.15, 0.2) is 0 Å². The van der Waals surface area contributed by atoms with E-state index in [9.17, 15) is 4.79 Å². The Bertz CT molecular complexity index is 795. The van der Waals surface area contributed by atoms with Crippen molar-refractivity contribution in [2.24, 2.45) is 0 Å². The first-order valence-electron chi connectivity index (χ1n) is 7.67. The fourth-order valence-corrected chi connectivity index (χ4v) is 2.32. The third-order valence-electron chi connectivity index (χ3n) is 3.58. The van der Waals surface area contributed by atoms with Gasteiger partial charge in [-0.2, -0.15) is 0 Å². The summed E-state index contributed by atoms with van der Waals surface area (Å²) in [5.74, 6) is 2.30. The molecule has 5 heteroatoms. The second kappa shape index (κ2) is 7.46. The van der Waals surface area contributed by atoms with E-state index in [4.69, 9.17) is 9.15 Å². The van der Waals surface area contributed by atoms with Gasteiger partial charge in [0.1, 0.15) is 17.3 Å². The Morgan fingerprint density at radius 2 is 2.00 bits per heavy atom. The standard InChI is InChI=1S/C19H18N2O3/c1-23-16-6-4-14(5-7-16)18-10-8-17(24-18)9-11-19(22)21-15-3-2-12-20-13-15/h2-8,10,12-13H,9,11H2,1H3,(H,21,22). The number of anilines is 1. The second-order valence-electron chi connectivity index (χ2n) is 5.28. The van der Waals surface area contributed by atoms with Gasteiger partial charge in [0.25, 0.3) is 0 Å². The van der Waals surface area contributed by atoms with Crippen molar-refractivity contribution in [2.75, 3.05) is 12.4 Å². The minimum atomic E-state index is -0.0644. The van der Waals surface area contributed by atoms with Gasteiger partial charge in [-0.25, -0.2) is 0 Å². The van der Waals surface area contributed by atoms with Crippen LogP contribution in [-0.2, 0) is 11.2 Å². The first-order chi connectivity index (χ1) is 11.7. The quantitative estimate of drug-likeness (QED) is 0.747. The molecular weight excluding hydrogens is 304 g/mol. The SMILES string of the molecule is COc1ccc(-c2ccc(CCC(=O)Nc3cccnc3)o2)cc1. The Balaban J connectivity index is 1.56. The van der Waals surface area contributed by atoms with E-state index in [1.807, 2.05) is 36.4 Å². The highest BCUT2D eigenvalue weighted by Crippen LogP contribution is 2.25. The van der Waals surface area contributed by atoms with Crippen molar-refractivity contribution in [3.63, 3.8) is 0 Å². The fraction of sp³-hybridized carbons (Fsp3) is 0.158. The number of aryl methyl sites for hydroxylation is 1.